The highest BCUT2D eigenvalue weighted by atomic mass is 16.4. The van der Waals surface area contributed by atoms with Gasteiger partial charge in [-0.15, -0.1) is 0 Å². The van der Waals surface area contributed by atoms with Crippen molar-refractivity contribution in [3.8, 4) is 0 Å². The zero-order valence-corrected chi connectivity index (χ0v) is 11.2. The fourth-order valence-electron chi connectivity index (χ4n) is 2.85. The van der Waals surface area contributed by atoms with Crippen LogP contribution in [0.5, 0.6) is 0 Å². The molecule has 0 aromatic heterocycles. The lowest BCUT2D eigenvalue weighted by Crippen LogP contribution is -2.17. The summed E-state index contributed by atoms with van der Waals surface area (Å²) < 4.78 is 0. The first kappa shape index (κ1) is 12.7. The molecular weight excluding hydrogens is 250 g/mol. The highest BCUT2D eigenvalue weighted by Gasteiger charge is 2.19. The Morgan fingerprint density at radius 3 is 2.85 bits per heavy atom. The van der Waals surface area contributed by atoms with E-state index >= 15 is 0 Å². The molecule has 102 valence electrons. The molecule has 1 atom stereocenters. The predicted molar refractivity (Wildman–Crippen MR) is 79.1 cm³/mol. The van der Waals surface area contributed by atoms with Crippen LogP contribution in [0.4, 0.5) is 5.69 Å². The van der Waals surface area contributed by atoms with Crippen LogP contribution in [0.25, 0.3) is 0 Å². The van der Waals surface area contributed by atoms with E-state index in [0.29, 0.717) is 5.56 Å². The number of carboxylic acids is 1. The third kappa shape index (κ3) is 2.52. The molecule has 3 heteroatoms. The van der Waals surface area contributed by atoms with Crippen LogP contribution in [0.3, 0.4) is 0 Å². The lowest BCUT2D eigenvalue weighted by molar-refractivity contribution is 0.0697. The first-order chi connectivity index (χ1) is 9.74. The van der Waals surface area contributed by atoms with Crippen molar-refractivity contribution in [2.75, 3.05) is 5.32 Å². The maximum absolute atomic E-state index is 11.0. The van der Waals surface area contributed by atoms with Crippen LogP contribution in [0.15, 0.2) is 48.5 Å². The number of aryl methyl sites for hydroxylation is 1. The summed E-state index contributed by atoms with van der Waals surface area (Å²) in [5.41, 5.74) is 3.91. The normalized spacial score (nSPS) is 17.3. The molecule has 0 saturated heterocycles. The van der Waals surface area contributed by atoms with Crippen molar-refractivity contribution >= 4 is 11.7 Å². The molecule has 3 rings (SSSR count). The third-order valence-electron chi connectivity index (χ3n) is 3.82. The van der Waals surface area contributed by atoms with Crippen LogP contribution in [-0.4, -0.2) is 11.1 Å². The molecule has 2 N–H and O–H groups in total. The van der Waals surface area contributed by atoms with Gasteiger partial charge in [0.1, 0.15) is 0 Å². The molecule has 0 heterocycles. The Morgan fingerprint density at radius 2 is 2.00 bits per heavy atom. The fraction of sp³-hybridized carbons (Fsp3) is 0.235. The van der Waals surface area contributed by atoms with Crippen LogP contribution < -0.4 is 5.32 Å². The summed E-state index contributed by atoms with van der Waals surface area (Å²) in [6.07, 6.45) is 3.37. The number of carboxylic acid groups (broad SMARTS) is 1. The number of hydrogen-bond acceptors (Lipinski definition) is 2. The Hall–Kier alpha value is -2.29. The number of anilines is 1. The van der Waals surface area contributed by atoms with Gasteiger partial charge in [0.15, 0.2) is 0 Å². The number of aromatic carboxylic acids is 1. The van der Waals surface area contributed by atoms with Gasteiger partial charge in [-0.05, 0) is 48.6 Å². The van der Waals surface area contributed by atoms with Gasteiger partial charge >= 0.3 is 5.97 Å². The zero-order valence-electron chi connectivity index (χ0n) is 11.2. The Bertz CT molecular complexity index is 636. The SMILES string of the molecule is O=C(O)c1cccc(NC2CCCc3ccccc32)c1. The molecule has 0 radical (unpaired) electrons. The molecule has 0 spiro atoms. The predicted octanol–water partition coefficient (Wildman–Crippen LogP) is 3.87. The number of nitrogens with one attached hydrogen (secondary N) is 1. The average Bonchev–Trinajstić information content (AvgIpc) is 2.48. The van der Waals surface area contributed by atoms with Gasteiger partial charge in [-0.2, -0.15) is 0 Å². The fourth-order valence-corrected chi connectivity index (χ4v) is 2.85. The molecular formula is C17H17NO2. The summed E-state index contributed by atoms with van der Waals surface area (Å²) in [6, 6.07) is 15.7. The summed E-state index contributed by atoms with van der Waals surface area (Å²) in [5, 5.41) is 12.5. The Balaban J connectivity index is 1.85. The van der Waals surface area contributed by atoms with Crippen LogP contribution in [0.1, 0.15) is 40.4 Å². The van der Waals surface area contributed by atoms with Crippen LogP contribution in [0.2, 0.25) is 0 Å². The van der Waals surface area contributed by atoms with Crippen LogP contribution in [0, 0.1) is 0 Å². The minimum atomic E-state index is -0.891. The summed E-state index contributed by atoms with van der Waals surface area (Å²) in [6.45, 7) is 0. The van der Waals surface area contributed by atoms with E-state index in [4.69, 9.17) is 5.11 Å². The van der Waals surface area contributed by atoms with Crippen LogP contribution >= 0.6 is 0 Å². The van der Waals surface area contributed by atoms with Crippen molar-refractivity contribution in [1.82, 2.24) is 0 Å². The standard InChI is InChI=1S/C17H17NO2/c19-17(20)13-7-3-8-14(11-13)18-16-10-4-6-12-5-1-2-9-15(12)16/h1-3,5,7-9,11,16,18H,4,6,10H2,(H,19,20). The summed E-state index contributed by atoms with van der Waals surface area (Å²) >= 11 is 0. The second-order valence-corrected chi connectivity index (χ2v) is 5.17. The van der Waals surface area contributed by atoms with E-state index in [1.54, 1.807) is 18.2 Å². The van der Waals surface area contributed by atoms with E-state index in [-0.39, 0.29) is 6.04 Å². The molecule has 2 aromatic rings. The van der Waals surface area contributed by atoms with Crippen molar-refractivity contribution in [1.29, 1.82) is 0 Å². The smallest absolute Gasteiger partial charge is 0.335 e. The van der Waals surface area contributed by atoms with E-state index in [0.717, 1.165) is 24.9 Å². The van der Waals surface area contributed by atoms with E-state index < -0.39 is 5.97 Å². The first-order valence-electron chi connectivity index (χ1n) is 6.92. The largest absolute Gasteiger partial charge is 0.478 e. The van der Waals surface area contributed by atoms with Gasteiger partial charge in [-0.25, -0.2) is 4.79 Å². The van der Waals surface area contributed by atoms with Gasteiger partial charge in [0.25, 0.3) is 0 Å². The van der Waals surface area contributed by atoms with Gasteiger partial charge in [-0.1, -0.05) is 30.3 Å². The van der Waals surface area contributed by atoms with Crippen LogP contribution in [-0.2, 0) is 6.42 Å². The highest BCUT2D eigenvalue weighted by Crippen LogP contribution is 2.32. The van der Waals surface area contributed by atoms with Crippen molar-refractivity contribution in [2.45, 2.75) is 25.3 Å². The molecule has 1 unspecified atom stereocenters. The number of hydrogen-bond donors (Lipinski definition) is 2. The minimum Gasteiger partial charge on any atom is -0.478 e. The van der Waals surface area contributed by atoms with Gasteiger partial charge in [0.2, 0.25) is 0 Å². The van der Waals surface area contributed by atoms with Gasteiger partial charge in [-0.3, -0.25) is 0 Å². The van der Waals surface area contributed by atoms with E-state index in [9.17, 15) is 4.79 Å². The number of carbonyl (C=O) groups is 1. The van der Waals surface area contributed by atoms with Crippen molar-refractivity contribution in [3.63, 3.8) is 0 Å². The topological polar surface area (TPSA) is 49.3 Å². The first-order valence-corrected chi connectivity index (χ1v) is 6.92. The van der Waals surface area contributed by atoms with E-state index in [1.807, 2.05) is 6.07 Å². The van der Waals surface area contributed by atoms with Crippen molar-refractivity contribution < 1.29 is 9.90 Å². The quantitative estimate of drug-likeness (QED) is 0.887. The summed E-state index contributed by atoms with van der Waals surface area (Å²) in [7, 11) is 0. The number of fused-ring (bicyclic) bond motifs is 1. The average molecular weight is 267 g/mol. The van der Waals surface area contributed by atoms with E-state index in [1.165, 1.54) is 11.1 Å². The van der Waals surface area contributed by atoms with Gasteiger partial charge in [0.05, 0.1) is 11.6 Å². The number of benzene rings is 2. The third-order valence-corrected chi connectivity index (χ3v) is 3.82. The monoisotopic (exact) mass is 267 g/mol. The molecule has 0 aliphatic heterocycles. The maximum atomic E-state index is 11.0. The maximum Gasteiger partial charge on any atom is 0.335 e. The summed E-state index contributed by atoms with van der Waals surface area (Å²) in [5.74, 6) is -0.891. The molecule has 1 aliphatic rings. The minimum absolute atomic E-state index is 0.268. The second kappa shape index (κ2) is 5.37. The highest BCUT2D eigenvalue weighted by molar-refractivity contribution is 5.88. The Morgan fingerprint density at radius 1 is 1.15 bits per heavy atom. The Labute approximate surface area is 118 Å². The molecule has 0 saturated carbocycles. The van der Waals surface area contributed by atoms with Gasteiger partial charge < -0.3 is 10.4 Å². The molecule has 0 bridgehead atoms. The Kier molecular flexibility index (Phi) is 3.42. The van der Waals surface area contributed by atoms with Crippen molar-refractivity contribution in [3.05, 3.63) is 65.2 Å². The van der Waals surface area contributed by atoms with Crippen molar-refractivity contribution in [2.24, 2.45) is 0 Å². The van der Waals surface area contributed by atoms with Gasteiger partial charge in [0, 0.05) is 5.69 Å². The molecule has 20 heavy (non-hydrogen) atoms. The number of rotatable bonds is 3. The second-order valence-electron chi connectivity index (χ2n) is 5.17. The molecule has 0 fully saturated rings. The summed E-state index contributed by atoms with van der Waals surface area (Å²) in [4.78, 5) is 11.0. The zero-order chi connectivity index (χ0) is 13.9. The lowest BCUT2D eigenvalue weighted by atomic mass is 9.87. The molecule has 2 aromatic carbocycles. The molecule has 1 aliphatic carbocycles. The lowest BCUT2D eigenvalue weighted by Gasteiger charge is -2.27. The molecule has 3 nitrogen and oxygen atoms in total. The van der Waals surface area contributed by atoms with E-state index in [2.05, 4.69) is 29.6 Å². The molecule has 0 amide bonds.